The Morgan fingerprint density at radius 1 is 0.806 bits per heavy atom. The minimum atomic E-state index is -1.52. The van der Waals surface area contributed by atoms with Gasteiger partial charge in [0, 0.05) is 50.5 Å². The molecule has 72 heavy (non-hydrogen) atoms. The number of hydrogen-bond acceptors (Lipinski definition) is 16. The van der Waals surface area contributed by atoms with Crippen molar-refractivity contribution in [3.05, 3.63) is 97.7 Å². The molecule has 410 valence electrons. The summed E-state index contributed by atoms with van der Waals surface area (Å²) >= 11 is 0. The monoisotopic (exact) mass is 1020 g/mol. The lowest BCUT2D eigenvalue weighted by Crippen LogP contribution is -2.64. The van der Waals surface area contributed by atoms with Crippen LogP contribution in [0.25, 0.3) is 0 Å². The molecule has 2 heterocycles. The fourth-order valence-electron chi connectivity index (χ4n) is 8.40. The molecule has 10 N–H and O–H groups in total. The van der Waals surface area contributed by atoms with E-state index in [-0.39, 0.29) is 75.5 Å². The zero-order valence-electron chi connectivity index (χ0n) is 43.2. The van der Waals surface area contributed by atoms with Crippen LogP contribution >= 0.6 is 0 Å². The lowest BCUT2D eigenvalue weighted by atomic mass is 9.79. The largest absolute Gasteiger partial charge is 0.483 e. The van der Waals surface area contributed by atoms with Gasteiger partial charge in [0.2, 0.25) is 0 Å². The molecular formula is C54H87NO17. The van der Waals surface area contributed by atoms with Crippen LogP contribution in [0.15, 0.2) is 97.7 Å². The fourth-order valence-corrected chi connectivity index (χ4v) is 8.40. The topological polar surface area (TPSA) is 291 Å². The summed E-state index contributed by atoms with van der Waals surface area (Å²) in [5.74, 6) is -0.400. The Morgan fingerprint density at radius 2 is 1.33 bits per heavy atom. The predicted molar refractivity (Wildman–Crippen MR) is 273 cm³/mol. The zero-order valence-corrected chi connectivity index (χ0v) is 43.2. The third-order valence-corrected chi connectivity index (χ3v) is 12.9. The molecule has 2 saturated heterocycles. The van der Waals surface area contributed by atoms with Gasteiger partial charge in [-0.3, -0.25) is 4.79 Å². The highest BCUT2D eigenvalue weighted by molar-refractivity contribution is 5.68. The molecule has 0 saturated carbocycles. The van der Waals surface area contributed by atoms with Crippen molar-refractivity contribution >= 4 is 18.9 Å². The fraction of sp³-hybridized carbons (Fsp3) is 0.648. The van der Waals surface area contributed by atoms with Crippen LogP contribution in [0.5, 0.6) is 0 Å². The van der Waals surface area contributed by atoms with Crippen molar-refractivity contribution in [2.45, 2.75) is 191 Å². The number of aliphatic hydroxyl groups excluding tert-OH is 8. The summed E-state index contributed by atoms with van der Waals surface area (Å²) in [7, 11) is 1.64. The van der Waals surface area contributed by atoms with E-state index in [1.165, 1.54) is 6.08 Å². The van der Waals surface area contributed by atoms with Crippen LogP contribution in [0.2, 0.25) is 0 Å². The second kappa shape index (κ2) is 36.7. The maximum Gasteiger partial charge on any atom is 0.407 e. The number of rotatable bonds is 31. The van der Waals surface area contributed by atoms with Crippen LogP contribution in [0, 0.1) is 17.8 Å². The molecule has 0 aromatic rings. The van der Waals surface area contributed by atoms with Gasteiger partial charge >= 0.3 is 6.09 Å². The highest BCUT2D eigenvalue weighted by atomic mass is 16.7. The highest BCUT2D eigenvalue weighted by Crippen LogP contribution is 2.39. The van der Waals surface area contributed by atoms with Crippen molar-refractivity contribution in [2.75, 3.05) is 13.7 Å². The zero-order chi connectivity index (χ0) is 54.2. The standard InChI is InChI=1S/C53H85NO15.CH2O2/c1-9-29-66-52(64)54-47-49(62)39(6)67-51(50(47)63)68-44(26-21-19-17-15-13-11-10-12-14-16-18-20-23-35(2)48(61)36(3)38(5)65-8)32-46-37(4)45(60)34-53(7,69-46)33-43(59)31-41(57)25-22-24-40(56)30-42(58)27-28-55;2-1-3/h9-21,23,26,28,35-51,56-63H,1,22,24-25,27,29-34H2,2-8H3,(H,54,64);1H,(H,2,3)/b11-10+,14-12+,15-13+,18-16+,19-17+,23-20+,26-21+;. The molecule has 0 bridgehead atoms. The number of carbonyl (C=O) groups is 3. The maximum absolute atomic E-state index is 12.4. The second-order valence-electron chi connectivity index (χ2n) is 19.0. The quantitative estimate of drug-likeness (QED) is 0.0256. The Balaban J connectivity index is 0.00000841. The molecular weight excluding hydrogens is 935 g/mol. The predicted octanol–water partition coefficient (Wildman–Crippen LogP) is 4.69. The van der Waals surface area contributed by atoms with Gasteiger partial charge in [-0.25, -0.2) is 4.79 Å². The molecule has 18 nitrogen and oxygen atoms in total. The Hall–Kier alpha value is -4.15. The van der Waals surface area contributed by atoms with Gasteiger partial charge in [0.1, 0.15) is 25.1 Å². The Labute approximate surface area is 426 Å². The summed E-state index contributed by atoms with van der Waals surface area (Å²) in [5.41, 5.74) is -0.999. The van der Waals surface area contributed by atoms with E-state index in [1.54, 1.807) is 39.2 Å². The summed E-state index contributed by atoms with van der Waals surface area (Å²) in [6, 6.07) is -1.20. The number of alkyl carbamates (subject to hydrolysis) is 1. The lowest BCUT2D eigenvalue weighted by molar-refractivity contribution is -0.283. The maximum atomic E-state index is 12.4. The molecule has 18 atom stereocenters. The van der Waals surface area contributed by atoms with E-state index in [1.807, 2.05) is 94.5 Å². The van der Waals surface area contributed by atoms with E-state index in [4.69, 9.17) is 33.6 Å². The lowest BCUT2D eigenvalue weighted by Gasteiger charge is -2.47. The second-order valence-corrected chi connectivity index (χ2v) is 19.0. The number of amides is 1. The molecule has 18 heteroatoms. The van der Waals surface area contributed by atoms with Crippen molar-refractivity contribution in [3.8, 4) is 0 Å². The average Bonchev–Trinajstić information content (AvgIpc) is 3.32. The number of ether oxygens (including phenoxy) is 5. The summed E-state index contributed by atoms with van der Waals surface area (Å²) in [5, 5.41) is 95.2. The van der Waals surface area contributed by atoms with Crippen LogP contribution in [-0.4, -0.2) is 170 Å². The molecule has 1 amide bonds. The number of methoxy groups -OCH3 is 1. The highest BCUT2D eigenvalue weighted by Gasteiger charge is 2.47. The van der Waals surface area contributed by atoms with Crippen molar-refractivity contribution in [3.63, 3.8) is 0 Å². The van der Waals surface area contributed by atoms with Gasteiger partial charge in [-0.2, -0.15) is 0 Å². The Morgan fingerprint density at radius 3 is 1.86 bits per heavy atom. The molecule has 0 aromatic heterocycles. The van der Waals surface area contributed by atoms with Crippen LogP contribution in [0.1, 0.15) is 99.3 Å². The number of hydrogen-bond donors (Lipinski definition) is 10. The van der Waals surface area contributed by atoms with Crippen LogP contribution in [0.4, 0.5) is 4.79 Å². The normalized spacial score (nSPS) is 28.9. The molecule has 2 aliphatic heterocycles. The third-order valence-electron chi connectivity index (χ3n) is 12.9. The van der Waals surface area contributed by atoms with Crippen molar-refractivity contribution in [1.29, 1.82) is 0 Å². The van der Waals surface area contributed by atoms with Gasteiger partial charge in [0.25, 0.3) is 6.47 Å². The summed E-state index contributed by atoms with van der Waals surface area (Å²) in [4.78, 5) is 31.4. The number of carbonyl (C=O) groups excluding carboxylic acids is 2. The van der Waals surface area contributed by atoms with Crippen molar-refractivity contribution in [2.24, 2.45) is 17.8 Å². The first-order valence-electron chi connectivity index (χ1n) is 24.9. The van der Waals surface area contributed by atoms with Gasteiger partial charge in [-0.05, 0) is 52.9 Å². The number of aldehydes is 1. The smallest absolute Gasteiger partial charge is 0.407 e. The van der Waals surface area contributed by atoms with Crippen molar-refractivity contribution in [1.82, 2.24) is 5.32 Å². The summed E-state index contributed by atoms with van der Waals surface area (Å²) in [6.45, 7) is 14.3. The van der Waals surface area contributed by atoms with E-state index in [0.717, 1.165) is 0 Å². The number of allylic oxidation sites excluding steroid dienone is 12. The van der Waals surface area contributed by atoms with E-state index in [2.05, 4.69) is 11.9 Å². The summed E-state index contributed by atoms with van der Waals surface area (Å²) in [6.07, 6.45) is 17.3. The molecule has 2 fully saturated rings. The van der Waals surface area contributed by atoms with Crippen LogP contribution in [-0.2, 0) is 33.3 Å². The van der Waals surface area contributed by atoms with Crippen LogP contribution in [0.3, 0.4) is 0 Å². The van der Waals surface area contributed by atoms with Gasteiger partial charge in [0.05, 0.1) is 72.7 Å². The minimum absolute atomic E-state index is 0.00361. The Bertz CT molecular complexity index is 1730. The van der Waals surface area contributed by atoms with Gasteiger partial charge in [-0.1, -0.05) is 118 Å². The molecule has 0 spiro atoms. The first kappa shape index (κ1) is 65.9. The molecule has 2 rings (SSSR count). The molecule has 0 aromatic carbocycles. The van der Waals surface area contributed by atoms with Gasteiger partial charge in [-0.15, -0.1) is 0 Å². The molecule has 0 radical (unpaired) electrons. The summed E-state index contributed by atoms with van der Waals surface area (Å²) < 4.78 is 29.3. The molecule has 18 unspecified atom stereocenters. The third kappa shape index (κ3) is 26.2. The van der Waals surface area contributed by atoms with E-state index < -0.39 is 91.2 Å². The van der Waals surface area contributed by atoms with Crippen molar-refractivity contribution < 1.29 is 84.0 Å². The Kier molecular flexibility index (Phi) is 33.6. The number of nitrogens with one attached hydrogen (secondary N) is 1. The number of carboxylic acid groups (broad SMARTS) is 1. The molecule has 2 aliphatic rings. The average molecular weight is 1020 g/mol. The van der Waals surface area contributed by atoms with E-state index >= 15 is 0 Å². The number of aliphatic hydroxyl groups is 8. The van der Waals surface area contributed by atoms with E-state index in [9.17, 15) is 50.4 Å². The van der Waals surface area contributed by atoms with E-state index in [0.29, 0.717) is 25.5 Å². The van der Waals surface area contributed by atoms with Crippen LogP contribution < -0.4 is 5.32 Å². The first-order chi connectivity index (χ1) is 34.2. The molecule has 0 aliphatic carbocycles. The minimum Gasteiger partial charge on any atom is -0.483 e. The van der Waals surface area contributed by atoms with Gasteiger partial charge < -0.3 is 79.8 Å². The SMILES string of the molecule is C=CCOC(=O)NC1C(O)C(C)OC(OC(/C=C/C=C/C=C/C=C/C=C/C=C/C=C/C(C)C(O)C(C)C(C)OC)CC2OC(C)(CC(O)CC(O)CCCC(O)CC(O)CC=O)CC(O)C2C)C1O.O=CO. The first-order valence-corrected chi connectivity index (χ1v) is 24.9. The van der Waals surface area contributed by atoms with Gasteiger partial charge in [0.15, 0.2) is 6.29 Å².